The lowest BCUT2D eigenvalue weighted by atomic mass is 10.3. The molecule has 0 atom stereocenters. The van der Waals surface area contributed by atoms with Gasteiger partial charge in [0.1, 0.15) is 11.5 Å². The molecule has 0 aromatic carbocycles. The smallest absolute Gasteiger partial charge is 0.275 e. The van der Waals surface area contributed by atoms with Crippen molar-refractivity contribution in [3.05, 3.63) is 54.1 Å². The highest BCUT2D eigenvalue weighted by atomic mass is 16.2. The lowest BCUT2D eigenvalue weighted by Gasteiger charge is -2.05. The summed E-state index contributed by atoms with van der Waals surface area (Å²) < 4.78 is 1.52. The fourth-order valence-electron chi connectivity index (χ4n) is 1.80. The zero-order valence-electron chi connectivity index (χ0n) is 10.2. The molecule has 3 aromatic rings. The van der Waals surface area contributed by atoms with E-state index in [1.54, 1.807) is 30.6 Å². The number of anilines is 1. The predicted octanol–water partition coefficient (Wildman–Crippen LogP) is 1.69. The molecule has 0 saturated carbocycles. The summed E-state index contributed by atoms with van der Waals surface area (Å²) in [4.78, 5) is 20.4. The Hall–Kier alpha value is -2.76. The first-order valence-electron chi connectivity index (χ1n) is 5.78. The Bertz CT molecular complexity index is 735. The van der Waals surface area contributed by atoms with E-state index in [4.69, 9.17) is 0 Å². The molecule has 1 amide bonds. The number of nitrogens with zero attached hydrogens (tertiary/aromatic N) is 4. The fraction of sp³-hybridized carbons (Fsp3) is 0.0769. The SMILES string of the molecule is Cc1cc2nccc(C(=O)Nc3ccccn3)n2n1. The van der Waals surface area contributed by atoms with Gasteiger partial charge in [0.05, 0.1) is 5.69 Å². The Morgan fingerprint density at radius 3 is 2.89 bits per heavy atom. The summed E-state index contributed by atoms with van der Waals surface area (Å²) in [5.74, 6) is 0.232. The van der Waals surface area contributed by atoms with Crippen molar-refractivity contribution < 1.29 is 4.79 Å². The van der Waals surface area contributed by atoms with E-state index in [-0.39, 0.29) is 5.91 Å². The maximum Gasteiger partial charge on any atom is 0.275 e. The molecule has 0 aliphatic heterocycles. The average molecular weight is 253 g/mol. The van der Waals surface area contributed by atoms with Crippen LogP contribution in [-0.2, 0) is 0 Å². The van der Waals surface area contributed by atoms with Crippen molar-refractivity contribution in [2.45, 2.75) is 6.92 Å². The van der Waals surface area contributed by atoms with Crippen molar-refractivity contribution in [2.24, 2.45) is 0 Å². The number of hydrogen-bond donors (Lipinski definition) is 1. The van der Waals surface area contributed by atoms with Gasteiger partial charge in [-0.15, -0.1) is 0 Å². The Kier molecular flexibility index (Phi) is 2.68. The number of carbonyl (C=O) groups is 1. The Balaban J connectivity index is 1.98. The Morgan fingerprint density at radius 2 is 2.11 bits per heavy atom. The van der Waals surface area contributed by atoms with Gasteiger partial charge >= 0.3 is 0 Å². The summed E-state index contributed by atoms with van der Waals surface area (Å²) in [7, 11) is 0. The molecular formula is C13H11N5O. The van der Waals surface area contributed by atoms with E-state index < -0.39 is 0 Å². The van der Waals surface area contributed by atoms with Crippen molar-refractivity contribution >= 4 is 17.4 Å². The highest BCUT2D eigenvalue weighted by Crippen LogP contribution is 2.09. The third-order valence-corrected chi connectivity index (χ3v) is 2.62. The lowest BCUT2D eigenvalue weighted by molar-refractivity contribution is 0.101. The molecule has 94 valence electrons. The van der Waals surface area contributed by atoms with E-state index in [1.165, 1.54) is 4.52 Å². The van der Waals surface area contributed by atoms with Crippen LogP contribution in [0, 0.1) is 6.92 Å². The van der Waals surface area contributed by atoms with Crippen LogP contribution in [0.2, 0.25) is 0 Å². The minimum absolute atomic E-state index is 0.269. The molecule has 0 radical (unpaired) electrons. The van der Waals surface area contributed by atoms with Crippen molar-refractivity contribution in [3.63, 3.8) is 0 Å². The van der Waals surface area contributed by atoms with Crippen LogP contribution in [0.3, 0.4) is 0 Å². The molecule has 0 aliphatic carbocycles. The number of hydrogen-bond acceptors (Lipinski definition) is 4. The second kappa shape index (κ2) is 4.49. The number of amides is 1. The van der Waals surface area contributed by atoms with Gasteiger partial charge in [0.15, 0.2) is 5.65 Å². The van der Waals surface area contributed by atoms with Crippen LogP contribution in [0.25, 0.3) is 5.65 Å². The van der Waals surface area contributed by atoms with Crippen LogP contribution in [0.1, 0.15) is 16.2 Å². The number of rotatable bonds is 2. The maximum atomic E-state index is 12.2. The Labute approximate surface area is 109 Å². The summed E-state index contributed by atoms with van der Waals surface area (Å²) in [6, 6.07) is 8.76. The van der Waals surface area contributed by atoms with Crippen LogP contribution in [0.15, 0.2) is 42.7 Å². The normalized spacial score (nSPS) is 10.6. The average Bonchev–Trinajstić information content (AvgIpc) is 2.79. The lowest BCUT2D eigenvalue weighted by Crippen LogP contribution is -2.17. The molecule has 0 saturated heterocycles. The number of pyridine rings is 1. The van der Waals surface area contributed by atoms with E-state index in [9.17, 15) is 4.79 Å². The largest absolute Gasteiger partial charge is 0.305 e. The van der Waals surface area contributed by atoms with Crippen LogP contribution < -0.4 is 5.32 Å². The summed E-state index contributed by atoms with van der Waals surface area (Å²) in [5.41, 5.74) is 1.88. The Morgan fingerprint density at radius 1 is 1.21 bits per heavy atom. The number of aromatic nitrogens is 4. The molecule has 3 rings (SSSR count). The third kappa shape index (κ3) is 2.15. The summed E-state index contributed by atoms with van der Waals surface area (Å²) in [5, 5.41) is 6.97. The van der Waals surface area contributed by atoms with Crippen molar-refractivity contribution in [2.75, 3.05) is 5.32 Å². The second-order valence-corrected chi connectivity index (χ2v) is 4.05. The second-order valence-electron chi connectivity index (χ2n) is 4.05. The van der Waals surface area contributed by atoms with Crippen LogP contribution in [0.4, 0.5) is 5.82 Å². The van der Waals surface area contributed by atoms with E-state index in [0.29, 0.717) is 17.2 Å². The first-order valence-corrected chi connectivity index (χ1v) is 5.78. The highest BCUT2D eigenvalue weighted by Gasteiger charge is 2.12. The van der Waals surface area contributed by atoms with Gasteiger partial charge < -0.3 is 5.32 Å². The van der Waals surface area contributed by atoms with Gasteiger partial charge in [-0.05, 0) is 25.1 Å². The van der Waals surface area contributed by atoms with Gasteiger partial charge in [-0.25, -0.2) is 14.5 Å². The molecule has 0 unspecified atom stereocenters. The molecule has 0 aliphatic rings. The van der Waals surface area contributed by atoms with Crippen LogP contribution in [0.5, 0.6) is 0 Å². The van der Waals surface area contributed by atoms with E-state index in [1.807, 2.05) is 19.1 Å². The number of nitrogens with one attached hydrogen (secondary N) is 1. The van der Waals surface area contributed by atoms with E-state index in [2.05, 4.69) is 20.4 Å². The third-order valence-electron chi connectivity index (χ3n) is 2.62. The monoisotopic (exact) mass is 253 g/mol. The molecular weight excluding hydrogens is 242 g/mol. The highest BCUT2D eigenvalue weighted by molar-refractivity contribution is 6.02. The van der Waals surface area contributed by atoms with Crippen molar-refractivity contribution in [1.29, 1.82) is 0 Å². The first-order chi connectivity index (χ1) is 9.24. The molecule has 3 aromatic heterocycles. The number of carbonyl (C=O) groups excluding carboxylic acids is 1. The van der Waals surface area contributed by atoms with Gasteiger partial charge in [-0.1, -0.05) is 6.07 Å². The molecule has 19 heavy (non-hydrogen) atoms. The molecule has 1 N–H and O–H groups in total. The summed E-state index contributed by atoms with van der Waals surface area (Å²) >= 11 is 0. The standard InChI is InChI=1S/C13H11N5O/c1-9-8-12-15-7-5-10(18(12)17-9)13(19)16-11-4-2-3-6-14-11/h2-8H,1H3,(H,14,16,19). The minimum Gasteiger partial charge on any atom is -0.305 e. The quantitative estimate of drug-likeness (QED) is 0.754. The molecule has 0 bridgehead atoms. The van der Waals surface area contributed by atoms with Gasteiger partial charge in [-0.2, -0.15) is 5.10 Å². The van der Waals surface area contributed by atoms with Gasteiger partial charge in [0.25, 0.3) is 5.91 Å². The van der Waals surface area contributed by atoms with Crippen LogP contribution >= 0.6 is 0 Å². The number of aryl methyl sites for hydroxylation is 1. The van der Waals surface area contributed by atoms with Gasteiger partial charge in [-0.3, -0.25) is 4.79 Å². The number of fused-ring (bicyclic) bond motifs is 1. The minimum atomic E-state index is -0.269. The molecule has 0 spiro atoms. The zero-order valence-corrected chi connectivity index (χ0v) is 10.2. The molecule has 6 heteroatoms. The van der Waals surface area contributed by atoms with Gasteiger partial charge in [0.2, 0.25) is 0 Å². The van der Waals surface area contributed by atoms with Crippen LogP contribution in [-0.4, -0.2) is 25.5 Å². The fourth-order valence-corrected chi connectivity index (χ4v) is 1.80. The molecule has 0 fully saturated rings. The maximum absolute atomic E-state index is 12.2. The van der Waals surface area contributed by atoms with Crippen molar-refractivity contribution in [1.82, 2.24) is 19.6 Å². The summed E-state index contributed by atoms with van der Waals surface area (Å²) in [6.45, 7) is 1.86. The molecule has 6 nitrogen and oxygen atoms in total. The van der Waals surface area contributed by atoms with Gasteiger partial charge in [0, 0.05) is 18.5 Å². The molecule has 3 heterocycles. The zero-order chi connectivity index (χ0) is 13.2. The van der Waals surface area contributed by atoms with Crippen molar-refractivity contribution in [3.8, 4) is 0 Å². The van der Waals surface area contributed by atoms with E-state index in [0.717, 1.165) is 5.69 Å². The first kappa shape index (κ1) is 11.3. The summed E-state index contributed by atoms with van der Waals surface area (Å²) in [6.07, 6.45) is 3.21. The topological polar surface area (TPSA) is 72.2 Å². The van der Waals surface area contributed by atoms with E-state index >= 15 is 0 Å². The predicted molar refractivity (Wildman–Crippen MR) is 69.9 cm³/mol.